The van der Waals surface area contributed by atoms with Crippen LogP contribution < -0.4 is 14.4 Å². The van der Waals surface area contributed by atoms with Crippen LogP contribution in [0.2, 0.25) is 0 Å². The molecule has 0 unspecified atom stereocenters. The van der Waals surface area contributed by atoms with Crippen molar-refractivity contribution in [2.24, 2.45) is 0 Å². The molecule has 8 heteroatoms. The van der Waals surface area contributed by atoms with Crippen LogP contribution in [0.4, 0.5) is 10.1 Å². The minimum absolute atomic E-state index is 0.00877. The summed E-state index contributed by atoms with van der Waals surface area (Å²) in [5.74, 6) is -0.471. The summed E-state index contributed by atoms with van der Waals surface area (Å²) < 4.78 is 46.3. The molecule has 0 fully saturated rings. The lowest BCUT2D eigenvalue weighted by Crippen LogP contribution is -2.42. The van der Waals surface area contributed by atoms with Crippen molar-refractivity contribution in [2.45, 2.75) is 24.3 Å². The lowest BCUT2D eigenvalue weighted by molar-refractivity contribution is -0.120. The number of methoxy groups -OCH3 is 1. The fourth-order valence-electron chi connectivity index (χ4n) is 3.27. The summed E-state index contributed by atoms with van der Waals surface area (Å²) >= 11 is 0. The van der Waals surface area contributed by atoms with Crippen LogP contribution in [-0.4, -0.2) is 28.0 Å². The van der Waals surface area contributed by atoms with E-state index in [1.165, 1.54) is 43.5 Å². The fraction of sp³-hybridized carbons (Fsp3) is 0.208. The third-order valence-electron chi connectivity index (χ3n) is 4.99. The SMILES string of the molecule is CC[C@H](NC(=O)CN(c1ccc(F)cc1)S(=O)(=O)c1ccc(OC)cc1)c1ccccc1. The molecule has 0 aliphatic carbocycles. The molecule has 3 aromatic rings. The summed E-state index contributed by atoms with van der Waals surface area (Å²) in [7, 11) is -2.62. The van der Waals surface area contributed by atoms with Crippen LogP contribution in [0.25, 0.3) is 0 Å². The van der Waals surface area contributed by atoms with Gasteiger partial charge in [-0.1, -0.05) is 37.3 Å². The molecule has 0 aliphatic heterocycles. The predicted octanol–water partition coefficient (Wildman–Crippen LogP) is 4.30. The monoisotopic (exact) mass is 456 g/mol. The number of ether oxygens (including phenoxy) is 1. The van der Waals surface area contributed by atoms with Crippen LogP contribution in [0.3, 0.4) is 0 Å². The van der Waals surface area contributed by atoms with Gasteiger partial charge in [-0.3, -0.25) is 9.10 Å². The Morgan fingerprint density at radius 2 is 1.62 bits per heavy atom. The van der Waals surface area contributed by atoms with Crippen molar-refractivity contribution in [1.29, 1.82) is 0 Å². The molecule has 0 radical (unpaired) electrons. The first-order valence-corrected chi connectivity index (χ1v) is 11.6. The molecule has 0 bridgehead atoms. The maximum Gasteiger partial charge on any atom is 0.264 e. The van der Waals surface area contributed by atoms with Gasteiger partial charge in [-0.2, -0.15) is 0 Å². The van der Waals surface area contributed by atoms with Crippen LogP contribution in [0.1, 0.15) is 24.9 Å². The third-order valence-corrected chi connectivity index (χ3v) is 6.78. The molecule has 1 N–H and O–H groups in total. The Balaban J connectivity index is 1.90. The molecule has 1 atom stereocenters. The van der Waals surface area contributed by atoms with Crippen molar-refractivity contribution in [3.63, 3.8) is 0 Å². The van der Waals surface area contributed by atoms with E-state index < -0.39 is 28.3 Å². The van der Waals surface area contributed by atoms with Crippen molar-refractivity contribution in [1.82, 2.24) is 5.32 Å². The summed E-state index contributed by atoms with van der Waals surface area (Å²) in [6.07, 6.45) is 0.636. The lowest BCUT2D eigenvalue weighted by Gasteiger charge is -2.25. The highest BCUT2D eigenvalue weighted by Crippen LogP contribution is 2.26. The fourth-order valence-corrected chi connectivity index (χ4v) is 4.70. The second-order valence-electron chi connectivity index (χ2n) is 7.10. The van der Waals surface area contributed by atoms with Crippen molar-refractivity contribution in [2.75, 3.05) is 18.0 Å². The molecule has 32 heavy (non-hydrogen) atoms. The summed E-state index contributed by atoms with van der Waals surface area (Å²) in [6.45, 7) is 1.48. The number of rotatable bonds is 9. The molecule has 3 rings (SSSR count). The molecule has 0 heterocycles. The molecular weight excluding hydrogens is 431 g/mol. The molecule has 0 spiro atoms. The summed E-state index contributed by atoms with van der Waals surface area (Å²) in [6, 6.07) is 20.0. The molecule has 1 amide bonds. The second kappa shape index (κ2) is 10.3. The van der Waals surface area contributed by atoms with E-state index in [9.17, 15) is 17.6 Å². The number of hydrogen-bond donors (Lipinski definition) is 1. The number of amides is 1. The first kappa shape index (κ1) is 23.3. The van der Waals surface area contributed by atoms with Gasteiger partial charge in [-0.15, -0.1) is 0 Å². The van der Waals surface area contributed by atoms with E-state index in [1.54, 1.807) is 0 Å². The first-order valence-electron chi connectivity index (χ1n) is 10.1. The molecule has 0 aliphatic rings. The van der Waals surface area contributed by atoms with Gasteiger partial charge in [0, 0.05) is 0 Å². The molecule has 3 aromatic carbocycles. The Morgan fingerprint density at radius 3 is 2.19 bits per heavy atom. The van der Waals surface area contributed by atoms with Crippen LogP contribution in [0, 0.1) is 5.82 Å². The molecule has 6 nitrogen and oxygen atoms in total. The predicted molar refractivity (Wildman–Crippen MR) is 122 cm³/mol. The van der Waals surface area contributed by atoms with Gasteiger partial charge < -0.3 is 10.1 Å². The standard InChI is InChI=1S/C24H25FN2O4S/c1-3-23(18-7-5-4-6-8-18)26-24(28)17-27(20-11-9-19(25)10-12-20)32(29,30)22-15-13-21(31-2)14-16-22/h4-16,23H,3,17H2,1-2H3,(H,26,28)/t23-/m0/s1. The van der Waals surface area contributed by atoms with Crippen LogP contribution in [0.5, 0.6) is 5.75 Å². The number of anilines is 1. The van der Waals surface area contributed by atoms with Crippen LogP contribution in [-0.2, 0) is 14.8 Å². The number of sulfonamides is 1. The average molecular weight is 457 g/mol. The zero-order chi connectivity index (χ0) is 23.1. The van der Waals surface area contributed by atoms with Gasteiger partial charge in [0.25, 0.3) is 10.0 Å². The third kappa shape index (κ3) is 5.45. The highest BCUT2D eigenvalue weighted by Gasteiger charge is 2.28. The number of halogens is 1. The zero-order valence-electron chi connectivity index (χ0n) is 17.9. The van der Waals surface area contributed by atoms with E-state index in [4.69, 9.17) is 4.74 Å². The number of benzene rings is 3. The topological polar surface area (TPSA) is 75.7 Å². The summed E-state index contributed by atoms with van der Waals surface area (Å²) in [4.78, 5) is 12.9. The highest BCUT2D eigenvalue weighted by atomic mass is 32.2. The normalized spacial score (nSPS) is 12.1. The first-order chi connectivity index (χ1) is 15.3. The molecule has 168 valence electrons. The quantitative estimate of drug-likeness (QED) is 0.521. The van der Waals surface area contributed by atoms with Crippen molar-refractivity contribution in [3.05, 3.63) is 90.2 Å². The van der Waals surface area contributed by atoms with Gasteiger partial charge in [0.2, 0.25) is 5.91 Å². The number of carbonyl (C=O) groups is 1. The Labute approximate surface area is 187 Å². The smallest absolute Gasteiger partial charge is 0.264 e. The van der Waals surface area contributed by atoms with E-state index in [-0.39, 0.29) is 16.6 Å². The maximum atomic E-state index is 13.5. The second-order valence-corrected chi connectivity index (χ2v) is 8.96. The van der Waals surface area contributed by atoms with E-state index in [0.717, 1.165) is 22.0 Å². The van der Waals surface area contributed by atoms with E-state index in [2.05, 4.69) is 5.32 Å². The maximum absolute atomic E-state index is 13.5. The van der Waals surface area contributed by atoms with Gasteiger partial charge in [-0.25, -0.2) is 12.8 Å². The highest BCUT2D eigenvalue weighted by molar-refractivity contribution is 7.92. The Kier molecular flexibility index (Phi) is 7.48. The average Bonchev–Trinajstić information content (AvgIpc) is 2.82. The van der Waals surface area contributed by atoms with Gasteiger partial charge >= 0.3 is 0 Å². The minimum Gasteiger partial charge on any atom is -0.497 e. The number of nitrogens with one attached hydrogen (secondary N) is 1. The van der Waals surface area contributed by atoms with E-state index >= 15 is 0 Å². The van der Waals surface area contributed by atoms with Gasteiger partial charge in [-0.05, 0) is 60.5 Å². The van der Waals surface area contributed by atoms with Crippen molar-refractivity contribution >= 4 is 21.6 Å². The molecular formula is C24H25FN2O4S. The number of carbonyl (C=O) groups excluding carboxylic acids is 1. The van der Waals surface area contributed by atoms with Crippen LogP contribution in [0.15, 0.2) is 83.8 Å². The van der Waals surface area contributed by atoms with Gasteiger partial charge in [0.1, 0.15) is 18.1 Å². The number of nitrogens with zero attached hydrogens (tertiary/aromatic N) is 1. The van der Waals surface area contributed by atoms with E-state index in [0.29, 0.717) is 12.2 Å². The molecule has 0 aromatic heterocycles. The minimum atomic E-state index is -4.10. The zero-order valence-corrected chi connectivity index (χ0v) is 18.7. The molecule has 0 saturated heterocycles. The van der Waals surface area contributed by atoms with Crippen LogP contribution >= 0.6 is 0 Å². The Morgan fingerprint density at radius 1 is 1.00 bits per heavy atom. The van der Waals surface area contributed by atoms with E-state index in [1.807, 2.05) is 37.3 Å². The Hall–Kier alpha value is -3.39. The lowest BCUT2D eigenvalue weighted by atomic mass is 10.0. The van der Waals surface area contributed by atoms with Gasteiger partial charge in [0.15, 0.2) is 0 Å². The van der Waals surface area contributed by atoms with Crippen molar-refractivity contribution in [3.8, 4) is 5.75 Å². The summed E-state index contributed by atoms with van der Waals surface area (Å²) in [5, 5.41) is 2.90. The number of hydrogen-bond acceptors (Lipinski definition) is 4. The summed E-state index contributed by atoms with van der Waals surface area (Å²) in [5.41, 5.74) is 1.11. The van der Waals surface area contributed by atoms with Gasteiger partial charge in [0.05, 0.1) is 23.7 Å². The largest absolute Gasteiger partial charge is 0.497 e. The Bertz CT molecular complexity index is 1130. The van der Waals surface area contributed by atoms with Crippen molar-refractivity contribution < 1.29 is 22.3 Å². The molecule has 0 saturated carbocycles.